The largest absolute Gasteiger partial charge is 0.375 e. The van der Waals surface area contributed by atoms with Gasteiger partial charge in [-0.15, -0.1) is 0 Å². The average molecular weight is 410 g/mol. The number of H-pyrrole nitrogens is 1. The molecule has 1 aromatic carbocycles. The number of fused-ring (bicyclic) bond motifs is 1. The Morgan fingerprint density at radius 3 is 2.93 bits per heavy atom. The molecule has 4 rings (SSSR count). The lowest BCUT2D eigenvalue weighted by Gasteiger charge is -2.36. The van der Waals surface area contributed by atoms with E-state index in [0.29, 0.717) is 28.6 Å². The van der Waals surface area contributed by atoms with Gasteiger partial charge in [-0.25, -0.2) is 9.38 Å². The Labute approximate surface area is 165 Å². The third-order valence-corrected chi connectivity index (χ3v) is 6.52. The Hall–Kier alpha value is -1.57. The molecule has 1 saturated heterocycles. The number of rotatable bonds is 2. The fourth-order valence-electron chi connectivity index (χ4n) is 3.83. The number of benzene rings is 1. The zero-order valence-electron chi connectivity index (χ0n) is 15.4. The van der Waals surface area contributed by atoms with Gasteiger partial charge in [-0.05, 0) is 51.3 Å². The van der Waals surface area contributed by atoms with Crippen molar-refractivity contribution in [2.45, 2.75) is 50.5 Å². The predicted molar refractivity (Wildman–Crippen MR) is 107 cm³/mol. The number of ether oxygens (including phenoxy) is 1. The molecule has 0 radical (unpaired) electrons. The molecule has 2 aromatic rings. The van der Waals surface area contributed by atoms with Crippen LogP contribution in [-0.2, 0) is 4.74 Å². The maximum atomic E-state index is 13.5. The molecule has 0 amide bonds. The predicted octanol–water partition coefficient (Wildman–Crippen LogP) is 4.99. The molecule has 144 valence electrons. The molecule has 2 atom stereocenters. The summed E-state index contributed by atoms with van der Waals surface area (Å²) in [5, 5.41) is 3.82. The fourth-order valence-corrected chi connectivity index (χ4v) is 5.31. The minimum absolute atomic E-state index is 0.106. The SMILES string of the molecule is CC1=Nc2c(c(=O)[nH]n2[C@H]2CCOC(C)(C)C2)[C@@H](c2ccc(F)cc2Cl)S1. The second kappa shape index (κ2) is 6.79. The molecule has 0 aliphatic carbocycles. The van der Waals surface area contributed by atoms with Crippen molar-refractivity contribution >= 4 is 34.2 Å². The van der Waals surface area contributed by atoms with E-state index in [4.69, 9.17) is 16.3 Å². The number of aromatic nitrogens is 2. The smallest absolute Gasteiger partial charge is 0.271 e. The highest BCUT2D eigenvalue weighted by atomic mass is 35.5. The molecule has 8 heteroatoms. The van der Waals surface area contributed by atoms with Crippen LogP contribution in [0.2, 0.25) is 5.02 Å². The maximum absolute atomic E-state index is 13.5. The van der Waals surface area contributed by atoms with Crippen LogP contribution in [0.4, 0.5) is 10.2 Å². The van der Waals surface area contributed by atoms with Crippen molar-refractivity contribution in [1.82, 2.24) is 9.78 Å². The quantitative estimate of drug-likeness (QED) is 0.760. The Bertz CT molecular complexity index is 982. The molecule has 5 nitrogen and oxygen atoms in total. The third kappa shape index (κ3) is 3.48. The van der Waals surface area contributed by atoms with E-state index in [2.05, 4.69) is 23.9 Å². The summed E-state index contributed by atoms with van der Waals surface area (Å²) in [5.41, 5.74) is 0.861. The first-order valence-electron chi connectivity index (χ1n) is 8.90. The number of aliphatic imine (C=N–C) groups is 1. The van der Waals surface area contributed by atoms with E-state index >= 15 is 0 Å². The van der Waals surface area contributed by atoms with Crippen LogP contribution in [0.15, 0.2) is 28.0 Å². The maximum Gasteiger partial charge on any atom is 0.271 e. The number of aromatic amines is 1. The molecule has 1 fully saturated rings. The summed E-state index contributed by atoms with van der Waals surface area (Å²) in [6.45, 7) is 6.66. The molecule has 0 bridgehead atoms. The molecule has 0 unspecified atom stereocenters. The van der Waals surface area contributed by atoms with Gasteiger partial charge in [0, 0.05) is 11.6 Å². The van der Waals surface area contributed by atoms with Crippen LogP contribution in [0.25, 0.3) is 0 Å². The molecule has 1 aromatic heterocycles. The van der Waals surface area contributed by atoms with Crippen molar-refractivity contribution in [3.05, 3.63) is 50.5 Å². The van der Waals surface area contributed by atoms with Crippen molar-refractivity contribution in [3.8, 4) is 0 Å². The normalized spacial score (nSPS) is 24.4. The van der Waals surface area contributed by atoms with Crippen LogP contribution >= 0.6 is 23.4 Å². The van der Waals surface area contributed by atoms with Crippen LogP contribution in [0.3, 0.4) is 0 Å². The molecule has 27 heavy (non-hydrogen) atoms. The van der Waals surface area contributed by atoms with Crippen LogP contribution in [0.5, 0.6) is 0 Å². The zero-order chi connectivity index (χ0) is 19.3. The highest BCUT2D eigenvalue weighted by Gasteiger charge is 2.36. The first-order chi connectivity index (χ1) is 12.7. The van der Waals surface area contributed by atoms with Gasteiger partial charge < -0.3 is 4.74 Å². The van der Waals surface area contributed by atoms with Crippen LogP contribution in [0.1, 0.15) is 56.0 Å². The van der Waals surface area contributed by atoms with Gasteiger partial charge in [0.05, 0.1) is 27.5 Å². The van der Waals surface area contributed by atoms with Crippen LogP contribution in [-0.4, -0.2) is 27.0 Å². The summed E-state index contributed by atoms with van der Waals surface area (Å²) in [6, 6.07) is 4.40. The number of nitrogens with zero attached hydrogens (tertiary/aromatic N) is 2. The Balaban J connectivity index is 1.82. The van der Waals surface area contributed by atoms with Crippen molar-refractivity contribution < 1.29 is 9.13 Å². The molecule has 2 aliphatic heterocycles. The molecule has 0 saturated carbocycles. The number of hydrogen-bond acceptors (Lipinski definition) is 4. The van der Waals surface area contributed by atoms with E-state index in [0.717, 1.165) is 17.9 Å². The number of halogens is 2. The van der Waals surface area contributed by atoms with E-state index in [-0.39, 0.29) is 22.5 Å². The monoisotopic (exact) mass is 409 g/mol. The first-order valence-corrected chi connectivity index (χ1v) is 10.2. The van der Waals surface area contributed by atoms with Gasteiger partial charge in [0.1, 0.15) is 5.82 Å². The van der Waals surface area contributed by atoms with E-state index in [9.17, 15) is 9.18 Å². The second-order valence-electron chi connectivity index (χ2n) is 7.60. The molecule has 1 N–H and O–H groups in total. The standard InChI is InChI=1S/C19H21ClFN3O2S/c1-10-22-17-15(16(27-10)13-5-4-11(21)8-14(13)20)18(25)23-24(17)12-6-7-26-19(2,3)9-12/h4-5,8,12,16H,6-7,9H2,1-3H3,(H,23,25)/t12-,16+/m0/s1. The Morgan fingerprint density at radius 2 is 2.22 bits per heavy atom. The summed E-state index contributed by atoms with van der Waals surface area (Å²) >= 11 is 7.75. The summed E-state index contributed by atoms with van der Waals surface area (Å²) in [7, 11) is 0. The summed E-state index contributed by atoms with van der Waals surface area (Å²) in [6.07, 6.45) is 1.60. The molecule has 2 aliphatic rings. The molecular formula is C19H21ClFN3O2S. The first kappa shape index (κ1) is 18.8. The average Bonchev–Trinajstić information content (AvgIpc) is 2.90. The van der Waals surface area contributed by atoms with Crippen molar-refractivity contribution in [2.75, 3.05) is 6.61 Å². The lowest BCUT2D eigenvalue weighted by atomic mass is 9.94. The van der Waals surface area contributed by atoms with E-state index in [1.54, 1.807) is 6.07 Å². The molecule has 3 heterocycles. The van der Waals surface area contributed by atoms with Crippen molar-refractivity contribution in [2.24, 2.45) is 4.99 Å². The van der Waals surface area contributed by atoms with Gasteiger partial charge in [-0.1, -0.05) is 29.4 Å². The Kier molecular flexibility index (Phi) is 4.72. The third-order valence-electron chi connectivity index (χ3n) is 5.03. The fraction of sp³-hybridized carbons (Fsp3) is 0.474. The summed E-state index contributed by atoms with van der Waals surface area (Å²) in [4.78, 5) is 17.5. The van der Waals surface area contributed by atoms with Crippen LogP contribution in [0, 0.1) is 5.82 Å². The molecule has 0 spiro atoms. The van der Waals surface area contributed by atoms with E-state index in [1.165, 1.54) is 23.9 Å². The van der Waals surface area contributed by atoms with E-state index in [1.807, 2.05) is 11.6 Å². The highest BCUT2D eigenvalue weighted by Crippen LogP contribution is 2.47. The topological polar surface area (TPSA) is 59.4 Å². The van der Waals surface area contributed by atoms with Gasteiger partial charge in [-0.2, -0.15) is 0 Å². The highest BCUT2D eigenvalue weighted by molar-refractivity contribution is 8.14. The van der Waals surface area contributed by atoms with Gasteiger partial charge >= 0.3 is 0 Å². The van der Waals surface area contributed by atoms with E-state index < -0.39 is 5.82 Å². The van der Waals surface area contributed by atoms with Gasteiger partial charge in [-0.3, -0.25) is 14.6 Å². The van der Waals surface area contributed by atoms with Crippen molar-refractivity contribution in [1.29, 1.82) is 0 Å². The molecular weight excluding hydrogens is 389 g/mol. The second-order valence-corrected chi connectivity index (χ2v) is 9.30. The van der Waals surface area contributed by atoms with Gasteiger partial charge in [0.25, 0.3) is 5.56 Å². The lowest BCUT2D eigenvalue weighted by molar-refractivity contribution is -0.0705. The van der Waals surface area contributed by atoms with Crippen molar-refractivity contribution in [3.63, 3.8) is 0 Å². The summed E-state index contributed by atoms with van der Waals surface area (Å²) < 4.78 is 21.2. The summed E-state index contributed by atoms with van der Waals surface area (Å²) in [5.74, 6) is 0.246. The van der Waals surface area contributed by atoms with Crippen LogP contribution < -0.4 is 5.56 Å². The van der Waals surface area contributed by atoms with Gasteiger partial charge in [0.15, 0.2) is 5.82 Å². The Morgan fingerprint density at radius 1 is 1.44 bits per heavy atom. The lowest BCUT2D eigenvalue weighted by Crippen LogP contribution is -2.35. The zero-order valence-corrected chi connectivity index (χ0v) is 17.0. The number of thioether (sulfide) groups is 1. The minimum atomic E-state index is -0.397. The minimum Gasteiger partial charge on any atom is -0.375 e. The number of hydrogen-bond donors (Lipinski definition) is 1. The number of nitrogens with one attached hydrogen (secondary N) is 1. The van der Waals surface area contributed by atoms with Gasteiger partial charge in [0.2, 0.25) is 0 Å².